The maximum absolute atomic E-state index is 10.6. The Bertz CT molecular complexity index is 381. The first-order chi connectivity index (χ1) is 7.11. The standard InChI is InChI=1S/C9H11N3O2S/c10-9(11)5-6-15-8-4-2-1-3-7(8)12(13)14/h1-4H,5-6H2,(H3,10,11). The van der Waals surface area contributed by atoms with Crippen LogP contribution < -0.4 is 5.73 Å². The molecular weight excluding hydrogens is 214 g/mol. The van der Waals surface area contributed by atoms with Gasteiger partial charge in [0, 0.05) is 18.2 Å². The lowest BCUT2D eigenvalue weighted by molar-refractivity contribution is -0.387. The minimum atomic E-state index is -0.407. The number of hydrogen-bond donors (Lipinski definition) is 2. The molecule has 0 saturated carbocycles. The zero-order valence-electron chi connectivity index (χ0n) is 7.97. The van der Waals surface area contributed by atoms with Crippen molar-refractivity contribution in [3.63, 3.8) is 0 Å². The van der Waals surface area contributed by atoms with E-state index >= 15 is 0 Å². The zero-order valence-corrected chi connectivity index (χ0v) is 8.79. The van der Waals surface area contributed by atoms with Gasteiger partial charge in [-0.15, -0.1) is 11.8 Å². The van der Waals surface area contributed by atoms with Crippen LogP contribution in [0.1, 0.15) is 6.42 Å². The van der Waals surface area contributed by atoms with Crippen LogP contribution in [0.5, 0.6) is 0 Å². The molecule has 0 aromatic heterocycles. The Balaban J connectivity index is 2.67. The van der Waals surface area contributed by atoms with Crippen molar-refractivity contribution < 1.29 is 4.92 Å². The van der Waals surface area contributed by atoms with E-state index in [2.05, 4.69) is 0 Å². The Morgan fingerprint density at radius 3 is 2.80 bits per heavy atom. The van der Waals surface area contributed by atoms with Gasteiger partial charge in [0.15, 0.2) is 0 Å². The van der Waals surface area contributed by atoms with E-state index in [0.29, 0.717) is 17.1 Å². The maximum atomic E-state index is 10.6. The lowest BCUT2D eigenvalue weighted by atomic mass is 10.3. The Morgan fingerprint density at radius 1 is 1.53 bits per heavy atom. The molecule has 0 aliphatic heterocycles. The van der Waals surface area contributed by atoms with Gasteiger partial charge in [0.2, 0.25) is 0 Å². The van der Waals surface area contributed by atoms with Gasteiger partial charge in [0.05, 0.1) is 15.7 Å². The van der Waals surface area contributed by atoms with Gasteiger partial charge in [0.1, 0.15) is 0 Å². The third kappa shape index (κ3) is 3.59. The molecule has 15 heavy (non-hydrogen) atoms. The molecule has 0 spiro atoms. The van der Waals surface area contributed by atoms with Gasteiger partial charge in [-0.1, -0.05) is 12.1 Å². The van der Waals surface area contributed by atoms with E-state index in [9.17, 15) is 10.1 Å². The Labute approximate surface area is 91.3 Å². The van der Waals surface area contributed by atoms with Crippen LogP contribution in [0, 0.1) is 15.5 Å². The van der Waals surface area contributed by atoms with Gasteiger partial charge in [-0.3, -0.25) is 15.5 Å². The van der Waals surface area contributed by atoms with Gasteiger partial charge in [0.25, 0.3) is 5.69 Å². The molecule has 0 unspecified atom stereocenters. The van der Waals surface area contributed by atoms with Gasteiger partial charge in [-0.05, 0) is 6.07 Å². The number of rotatable bonds is 5. The van der Waals surface area contributed by atoms with E-state index in [1.165, 1.54) is 17.8 Å². The Hall–Kier alpha value is -1.56. The summed E-state index contributed by atoms with van der Waals surface area (Å²) in [6.45, 7) is 0. The molecular formula is C9H11N3O2S. The predicted octanol–water partition coefficient (Wildman–Crippen LogP) is 2.01. The van der Waals surface area contributed by atoms with E-state index < -0.39 is 4.92 Å². The number of nitro benzene ring substituents is 1. The highest BCUT2D eigenvalue weighted by Crippen LogP contribution is 2.28. The molecule has 1 rings (SSSR count). The van der Waals surface area contributed by atoms with Gasteiger partial charge in [-0.25, -0.2) is 0 Å². The van der Waals surface area contributed by atoms with Crippen LogP contribution in [0.25, 0.3) is 0 Å². The fourth-order valence-corrected chi connectivity index (χ4v) is 2.01. The summed E-state index contributed by atoms with van der Waals surface area (Å²) < 4.78 is 0. The van der Waals surface area contributed by atoms with Crippen LogP contribution in [-0.4, -0.2) is 16.5 Å². The second-order valence-electron chi connectivity index (χ2n) is 2.85. The van der Waals surface area contributed by atoms with Crippen molar-refractivity contribution in [2.24, 2.45) is 5.73 Å². The number of nitrogens with two attached hydrogens (primary N) is 1. The van der Waals surface area contributed by atoms with Gasteiger partial charge in [-0.2, -0.15) is 0 Å². The third-order valence-corrected chi connectivity index (χ3v) is 2.76. The summed E-state index contributed by atoms with van der Waals surface area (Å²) in [5.41, 5.74) is 5.29. The average Bonchev–Trinajstić information content (AvgIpc) is 2.17. The highest BCUT2D eigenvalue weighted by Gasteiger charge is 2.12. The molecule has 0 atom stereocenters. The number of nitro groups is 1. The minimum Gasteiger partial charge on any atom is -0.388 e. The van der Waals surface area contributed by atoms with Crippen molar-refractivity contribution in [3.8, 4) is 0 Å². The number of thioether (sulfide) groups is 1. The SMILES string of the molecule is N=C(N)CCSc1ccccc1[N+](=O)[O-]. The summed E-state index contributed by atoms with van der Waals surface area (Å²) in [7, 11) is 0. The summed E-state index contributed by atoms with van der Waals surface area (Å²) in [6, 6.07) is 6.55. The number of nitrogens with one attached hydrogen (secondary N) is 1. The molecule has 0 aliphatic carbocycles. The van der Waals surface area contributed by atoms with Crippen LogP contribution in [-0.2, 0) is 0 Å². The highest BCUT2D eigenvalue weighted by molar-refractivity contribution is 7.99. The third-order valence-electron chi connectivity index (χ3n) is 1.69. The Kier molecular flexibility index (Phi) is 4.11. The first-order valence-corrected chi connectivity index (χ1v) is 5.29. The summed E-state index contributed by atoms with van der Waals surface area (Å²) in [6.07, 6.45) is 0.441. The molecule has 0 radical (unpaired) electrons. The summed E-state index contributed by atoms with van der Waals surface area (Å²) in [5, 5.41) is 17.7. The van der Waals surface area contributed by atoms with E-state index in [4.69, 9.17) is 11.1 Å². The molecule has 80 valence electrons. The lowest BCUT2D eigenvalue weighted by Crippen LogP contribution is -2.09. The minimum absolute atomic E-state index is 0.0982. The van der Waals surface area contributed by atoms with Crippen molar-refractivity contribution in [1.29, 1.82) is 5.41 Å². The average molecular weight is 225 g/mol. The predicted molar refractivity (Wildman–Crippen MR) is 60.4 cm³/mol. The van der Waals surface area contributed by atoms with E-state index in [-0.39, 0.29) is 11.5 Å². The molecule has 0 amide bonds. The van der Waals surface area contributed by atoms with Gasteiger partial charge >= 0.3 is 0 Å². The molecule has 5 nitrogen and oxygen atoms in total. The topological polar surface area (TPSA) is 93.0 Å². The van der Waals surface area contributed by atoms with Crippen LogP contribution in [0.15, 0.2) is 29.2 Å². The molecule has 0 heterocycles. The molecule has 6 heteroatoms. The Morgan fingerprint density at radius 2 is 2.20 bits per heavy atom. The molecule has 1 aromatic rings. The number of para-hydroxylation sites is 1. The van der Waals surface area contributed by atoms with Crippen LogP contribution in [0.4, 0.5) is 5.69 Å². The lowest BCUT2D eigenvalue weighted by Gasteiger charge is -2.01. The van der Waals surface area contributed by atoms with Crippen molar-refractivity contribution in [3.05, 3.63) is 34.4 Å². The summed E-state index contributed by atoms with van der Waals surface area (Å²) in [4.78, 5) is 10.9. The monoisotopic (exact) mass is 225 g/mol. The molecule has 1 aromatic carbocycles. The van der Waals surface area contributed by atoms with Crippen molar-refractivity contribution in [2.45, 2.75) is 11.3 Å². The number of benzene rings is 1. The van der Waals surface area contributed by atoms with Crippen molar-refractivity contribution in [1.82, 2.24) is 0 Å². The van der Waals surface area contributed by atoms with Gasteiger partial charge < -0.3 is 5.73 Å². The second kappa shape index (κ2) is 5.35. The molecule has 0 bridgehead atoms. The van der Waals surface area contributed by atoms with Crippen LogP contribution in [0.2, 0.25) is 0 Å². The quantitative estimate of drug-likeness (QED) is 0.263. The zero-order chi connectivity index (χ0) is 11.3. The van der Waals surface area contributed by atoms with Crippen LogP contribution in [0.3, 0.4) is 0 Å². The number of nitrogens with zero attached hydrogens (tertiary/aromatic N) is 1. The number of amidine groups is 1. The maximum Gasteiger partial charge on any atom is 0.282 e. The first-order valence-electron chi connectivity index (χ1n) is 4.30. The van der Waals surface area contributed by atoms with Crippen molar-refractivity contribution in [2.75, 3.05) is 5.75 Å². The summed E-state index contributed by atoms with van der Waals surface area (Å²) >= 11 is 1.34. The molecule has 0 aliphatic rings. The van der Waals surface area contributed by atoms with Crippen molar-refractivity contribution >= 4 is 23.3 Å². The van der Waals surface area contributed by atoms with Crippen LogP contribution >= 0.6 is 11.8 Å². The van der Waals surface area contributed by atoms with E-state index in [0.717, 1.165) is 0 Å². The molecule has 0 saturated heterocycles. The fraction of sp³-hybridized carbons (Fsp3) is 0.222. The largest absolute Gasteiger partial charge is 0.388 e. The number of hydrogen-bond acceptors (Lipinski definition) is 4. The first kappa shape index (κ1) is 11.5. The highest BCUT2D eigenvalue weighted by atomic mass is 32.2. The normalized spacial score (nSPS) is 9.87. The molecule has 3 N–H and O–H groups in total. The van der Waals surface area contributed by atoms with E-state index in [1.54, 1.807) is 18.2 Å². The fourth-order valence-electron chi connectivity index (χ4n) is 1.00. The second-order valence-corrected chi connectivity index (χ2v) is 3.99. The summed E-state index contributed by atoms with van der Waals surface area (Å²) in [5.74, 6) is 0.682. The smallest absolute Gasteiger partial charge is 0.282 e. The van der Waals surface area contributed by atoms with E-state index in [1.807, 2.05) is 0 Å². The molecule has 0 fully saturated rings.